The number of halogens is 3. The Labute approximate surface area is 158 Å². The number of nitrogens with zero attached hydrogens (tertiary/aromatic N) is 1. The first-order valence-corrected chi connectivity index (χ1v) is 9.85. The number of allylic oxidation sites excluding steroid dienone is 1. The van der Waals surface area contributed by atoms with Crippen molar-refractivity contribution in [3.05, 3.63) is 47.4 Å². The minimum Gasteiger partial charge on any atom is -0.363 e. The van der Waals surface area contributed by atoms with Crippen molar-refractivity contribution in [2.45, 2.75) is 50.2 Å². The van der Waals surface area contributed by atoms with E-state index in [1.807, 2.05) is 24.3 Å². The Morgan fingerprint density at radius 1 is 1.31 bits per heavy atom. The second-order valence-corrected chi connectivity index (χ2v) is 7.53. The van der Waals surface area contributed by atoms with Crippen LogP contribution in [0.3, 0.4) is 0 Å². The molecule has 0 aliphatic carbocycles. The van der Waals surface area contributed by atoms with Crippen LogP contribution >= 0.6 is 11.8 Å². The second-order valence-electron chi connectivity index (χ2n) is 6.36. The van der Waals surface area contributed by atoms with Gasteiger partial charge in [-0.05, 0) is 45.0 Å². The lowest BCUT2D eigenvalue weighted by Gasteiger charge is -2.40. The standard InChI is InChI=1S/C20H27F3N2S/c1-4-11-24-12-8-13-25-17-9-6-7-10-19(17)26-15(3)18(25)14-16(5-2)20(21,22)23/h5-7,9-10,18,24H,3-4,8,11-14H2,1-2H3/b16-5+. The van der Waals surface area contributed by atoms with Crippen LogP contribution in [0.15, 0.2) is 52.3 Å². The first-order chi connectivity index (χ1) is 12.4. The highest BCUT2D eigenvalue weighted by Gasteiger charge is 2.38. The maximum absolute atomic E-state index is 13.3. The lowest BCUT2D eigenvalue weighted by molar-refractivity contribution is -0.0944. The highest BCUT2D eigenvalue weighted by molar-refractivity contribution is 8.03. The van der Waals surface area contributed by atoms with Crippen molar-refractivity contribution in [1.29, 1.82) is 0 Å². The molecular weight excluding hydrogens is 357 g/mol. The number of alkyl halides is 3. The van der Waals surface area contributed by atoms with Crippen molar-refractivity contribution >= 4 is 17.4 Å². The van der Waals surface area contributed by atoms with E-state index < -0.39 is 11.7 Å². The minimum absolute atomic E-state index is 0.0669. The van der Waals surface area contributed by atoms with Gasteiger partial charge in [0.1, 0.15) is 0 Å². The number of hydrogen-bond donors (Lipinski definition) is 1. The maximum atomic E-state index is 13.3. The molecule has 0 saturated heterocycles. The quantitative estimate of drug-likeness (QED) is 0.452. The zero-order chi connectivity index (χ0) is 19.2. The average Bonchev–Trinajstić information content (AvgIpc) is 2.59. The highest BCUT2D eigenvalue weighted by atomic mass is 32.2. The van der Waals surface area contributed by atoms with E-state index in [0.29, 0.717) is 6.54 Å². The molecule has 0 amide bonds. The predicted octanol–water partition coefficient (Wildman–Crippen LogP) is 5.77. The van der Waals surface area contributed by atoms with Gasteiger partial charge in [-0.1, -0.05) is 43.5 Å². The second kappa shape index (κ2) is 9.51. The van der Waals surface area contributed by atoms with Crippen LogP contribution in [0.25, 0.3) is 0 Å². The van der Waals surface area contributed by atoms with Crippen LogP contribution in [0.5, 0.6) is 0 Å². The smallest absolute Gasteiger partial charge is 0.363 e. The maximum Gasteiger partial charge on any atom is 0.412 e. The van der Waals surface area contributed by atoms with Gasteiger partial charge in [-0.25, -0.2) is 0 Å². The summed E-state index contributed by atoms with van der Waals surface area (Å²) in [5, 5.41) is 3.36. The number of rotatable bonds is 8. The zero-order valence-corrected chi connectivity index (χ0v) is 16.2. The fourth-order valence-corrected chi connectivity index (χ4v) is 4.18. The van der Waals surface area contributed by atoms with Gasteiger partial charge in [0.2, 0.25) is 0 Å². The highest BCUT2D eigenvalue weighted by Crippen LogP contribution is 2.46. The van der Waals surface area contributed by atoms with Gasteiger partial charge >= 0.3 is 6.18 Å². The Morgan fingerprint density at radius 3 is 2.69 bits per heavy atom. The number of hydrogen-bond acceptors (Lipinski definition) is 3. The molecule has 0 aromatic heterocycles. The predicted molar refractivity (Wildman–Crippen MR) is 105 cm³/mol. The molecule has 0 bridgehead atoms. The number of nitrogens with one attached hydrogen (secondary N) is 1. The first kappa shape index (κ1) is 20.9. The molecule has 1 aromatic carbocycles. The van der Waals surface area contributed by atoms with Crippen LogP contribution in [0.1, 0.15) is 33.1 Å². The van der Waals surface area contributed by atoms with Crippen molar-refractivity contribution in [3.8, 4) is 0 Å². The Balaban J connectivity index is 2.21. The fourth-order valence-electron chi connectivity index (χ4n) is 3.11. The first-order valence-electron chi connectivity index (χ1n) is 9.03. The van der Waals surface area contributed by atoms with Crippen molar-refractivity contribution in [2.75, 3.05) is 24.5 Å². The van der Waals surface area contributed by atoms with Crippen LogP contribution < -0.4 is 10.2 Å². The van der Waals surface area contributed by atoms with E-state index >= 15 is 0 Å². The van der Waals surface area contributed by atoms with Crippen molar-refractivity contribution in [2.24, 2.45) is 0 Å². The van der Waals surface area contributed by atoms with E-state index in [9.17, 15) is 13.2 Å². The van der Waals surface area contributed by atoms with Crippen LogP contribution in [0, 0.1) is 0 Å². The molecule has 1 atom stereocenters. The van der Waals surface area contributed by atoms with Gasteiger partial charge in [-0.15, -0.1) is 0 Å². The summed E-state index contributed by atoms with van der Waals surface area (Å²) in [6.45, 7) is 10.2. The van der Waals surface area contributed by atoms with Gasteiger partial charge in [0.15, 0.2) is 0 Å². The van der Waals surface area contributed by atoms with Crippen molar-refractivity contribution in [1.82, 2.24) is 5.32 Å². The Morgan fingerprint density at radius 2 is 2.04 bits per heavy atom. The van der Waals surface area contributed by atoms with E-state index in [1.165, 1.54) is 24.8 Å². The monoisotopic (exact) mass is 384 g/mol. The summed E-state index contributed by atoms with van der Waals surface area (Å²) < 4.78 is 39.9. The van der Waals surface area contributed by atoms with E-state index in [0.717, 1.165) is 41.4 Å². The number of anilines is 1. The van der Waals surface area contributed by atoms with Gasteiger partial charge < -0.3 is 10.2 Å². The molecule has 1 unspecified atom stereocenters. The van der Waals surface area contributed by atoms with E-state index in [-0.39, 0.29) is 12.5 Å². The van der Waals surface area contributed by atoms with Crippen LogP contribution in [-0.2, 0) is 0 Å². The summed E-state index contributed by atoms with van der Waals surface area (Å²) in [4.78, 5) is 3.93. The number of para-hydroxylation sites is 1. The van der Waals surface area contributed by atoms with Gasteiger partial charge in [-0.3, -0.25) is 0 Å². The summed E-state index contributed by atoms with van der Waals surface area (Å²) in [7, 11) is 0. The van der Waals surface area contributed by atoms with Gasteiger partial charge in [0, 0.05) is 28.3 Å². The number of thioether (sulfide) groups is 1. The topological polar surface area (TPSA) is 15.3 Å². The number of benzene rings is 1. The van der Waals surface area contributed by atoms with Gasteiger partial charge in [0.05, 0.1) is 11.7 Å². The third-order valence-corrected chi connectivity index (χ3v) is 5.57. The SMILES string of the molecule is C=C1Sc2ccccc2N(CCCNCCC)C1C/C(=C\C)C(F)(F)F. The molecule has 6 heteroatoms. The van der Waals surface area contributed by atoms with Crippen LogP contribution in [0.2, 0.25) is 0 Å². The number of fused-ring (bicyclic) bond motifs is 1. The van der Waals surface area contributed by atoms with Crippen LogP contribution in [0.4, 0.5) is 18.9 Å². The molecule has 1 heterocycles. The summed E-state index contributed by atoms with van der Waals surface area (Å²) in [6.07, 6.45) is -1.24. The molecule has 1 N–H and O–H groups in total. The molecule has 0 spiro atoms. The molecule has 0 radical (unpaired) electrons. The molecule has 2 rings (SSSR count). The van der Waals surface area contributed by atoms with Gasteiger partial charge in [0.25, 0.3) is 0 Å². The summed E-state index contributed by atoms with van der Waals surface area (Å²) in [5.74, 6) is 0. The third kappa shape index (κ3) is 5.30. The van der Waals surface area contributed by atoms with Crippen LogP contribution in [-0.4, -0.2) is 31.9 Å². The normalized spacial score (nSPS) is 18.2. The summed E-state index contributed by atoms with van der Waals surface area (Å²) in [5.41, 5.74) is 0.515. The van der Waals surface area contributed by atoms with E-state index in [4.69, 9.17) is 0 Å². The molecule has 1 aliphatic rings. The van der Waals surface area contributed by atoms with Crippen molar-refractivity contribution in [3.63, 3.8) is 0 Å². The molecule has 0 saturated carbocycles. The van der Waals surface area contributed by atoms with E-state index in [1.54, 1.807) is 0 Å². The zero-order valence-electron chi connectivity index (χ0n) is 15.4. The molecule has 2 nitrogen and oxygen atoms in total. The molecule has 1 aromatic rings. The van der Waals surface area contributed by atoms with Crippen molar-refractivity contribution < 1.29 is 13.2 Å². The molecule has 1 aliphatic heterocycles. The Hall–Kier alpha value is -1.40. The Kier molecular flexibility index (Phi) is 7.65. The molecule has 26 heavy (non-hydrogen) atoms. The Bertz CT molecular complexity index is 640. The molecular formula is C20H27F3N2S. The fraction of sp³-hybridized carbons (Fsp3) is 0.500. The van der Waals surface area contributed by atoms with Gasteiger partial charge in [-0.2, -0.15) is 13.2 Å². The minimum atomic E-state index is -4.30. The average molecular weight is 385 g/mol. The third-order valence-electron chi connectivity index (χ3n) is 4.47. The largest absolute Gasteiger partial charge is 0.412 e. The van der Waals surface area contributed by atoms with E-state index in [2.05, 4.69) is 23.7 Å². The molecule has 0 fully saturated rings. The lowest BCUT2D eigenvalue weighted by atomic mass is 10.0. The lowest BCUT2D eigenvalue weighted by Crippen LogP contribution is -2.41. The molecule has 144 valence electrons. The summed E-state index contributed by atoms with van der Waals surface area (Å²) in [6, 6.07) is 7.53. The summed E-state index contributed by atoms with van der Waals surface area (Å²) >= 11 is 1.49.